The molecule has 0 saturated carbocycles. The van der Waals surface area contributed by atoms with Crippen molar-refractivity contribution < 1.29 is 19.9 Å². The van der Waals surface area contributed by atoms with E-state index >= 15 is 0 Å². The Kier molecular flexibility index (Phi) is 4.77. The fraction of sp³-hybridized carbons (Fsp3) is 0.833. The molecule has 0 aliphatic carbocycles. The summed E-state index contributed by atoms with van der Waals surface area (Å²) < 4.78 is 0. The maximum absolute atomic E-state index is 12.0. The Morgan fingerprint density at radius 2 is 1.44 bits per heavy atom. The molecule has 0 radical (unpaired) electrons. The summed E-state index contributed by atoms with van der Waals surface area (Å²) in [4.78, 5) is 24.5. The van der Waals surface area contributed by atoms with Crippen molar-refractivity contribution in [1.82, 2.24) is 9.96 Å². The molecule has 0 heterocycles. The molecule has 0 aromatic rings. The minimum absolute atomic E-state index is 0.299. The van der Waals surface area contributed by atoms with Crippen LogP contribution in [-0.4, -0.2) is 50.9 Å². The van der Waals surface area contributed by atoms with Gasteiger partial charge in [-0.05, 0) is 26.2 Å². The predicted octanol–water partition coefficient (Wildman–Crippen LogP) is 2.03. The highest BCUT2D eigenvalue weighted by Crippen LogP contribution is 2.25. The second-order valence-corrected chi connectivity index (χ2v) is 6.46. The maximum Gasteiger partial charge on any atom is 0.344 e. The summed E-state index contributed by atoms with van der Waals surface area (Å²) in [6.45, 7) is 10.3. The summed E-state index contributed by atoms with van der Waals surface area (Å²) in [6.07, 6.45) is 0. The minimum Gasteiger partial charge on any atom is -0.480 e. The monoisotopic (exact) mass is 260 g/mol. The van der Waals surface area contributed by atoms with Gasteiger partial charge in [0, 0.05) is 12.6 Å². The molecule has 6 nitrogen and oxygen atoms in total. The first-order valence-corrected chi connectivity index (χ1v) is 5.79. The summed E-state index contributed by atoms with van der Waals surface area (Å²) in [5.41, 5.74) is -1.27. The quantitative estimate of drug-likeness (QED) is 0.588. The van der Waals surface area contributed by atoms with Crippen LogP contribution >= 0.6 is 0 Å². The van der Waals surface area contributed by atoms with Gasteiger partial charge in [-0.2, -0.15) is 5.06 Å². The van der Waals surface area contributed by atoms with Crippen LogP contribution in [0.1, 0.15) is 41.5 Å². The van der Waals surface area contributed by atoms with E-state index in [1.54, 1.807) is 41.5 Å². The number of hydrogen-bond acceptors (Lipinski definition) is 3. The largest absolute Gasteiger partial charge is 0.480 e. The van der Waals surface area contributed by atoms with E-state index in [9.17, 15) is 14.8 Å². The van der Waals surface area contributed by atoms with E-state index in [1.807, 2.05) is 0 Å². The number of aliphatic carboxylic acids is 1. The molecule has 0 spiro atoms. The lowest BCUT2D eigenvalue weighted by Crippen LogP contribution is -2.56. The van der Waals surface area contributed by atoms with Crippen LogP contribution in [0.5, 0.6) is 0 Å². The first kappa shape index (κ1) is 16.7. The van der Waals surface area contributed by atoms with Gasteiger partial charge in [-0.25, -0.2) is 9.59 Å². The smallest absolute Gasteiger partial charge is 0.344 e. The van der Waals surface area contributed by atoms with Crippen molar-refractivity contribution in [3.05, 3.63) is 0 Å². The molecule has 0 saturated heterocycles. The lowest BCUT2D eigenvalue weighted by Gasteiger charge is -2.39. The van der Waals surface area contributed by atoms with Gasteiger partial charge >= 0.3 is 12.0 Å². The molecule has 0 aromatic carbocycles. The van der Waals surface area contributed by atoms with E-state index < -0.39 is 29.0 Å². The van der Waals surface area contributed by atoms with Gasteiger partial charge in [0.15, 0.2) is 6.04 Å². The Balaban J connectivity index is 5.19. The number of carboxylic acids is 1. The molecule has 0 aliphatic rings. The molecule has 2 amide bonds. The van der Waals surface area contributed by atoms with Crippen LogP contribution in [0.25, 0.3) is 0 Å². The number of rotatable bonds is 2. The van der Waals surface area contributed by atoms with Crippen molar-refractivity contribution in [3.8, 4) is 0 Å². The van der Waals surface area contributed by atoms with Crippen LogP contribution in [0.2, 0.25) is 0 Å². The molecule has 1 unspecified atom stereocenters. The molecule has 0 bridgehead atoms. The third kappa shape index (κ3) is 3.87. The number of hydrogen-bond donors (Lipinski definition) is 2. The first-order chi connectivity index (χ1) is 7.80. The number of nitrogens with zero attached hydrogens (tertiary/aromatic N) is 2. The van der Waals surface area contributed by atoms with Gasteiger partial charge in [0.1, 0.15) is 0 Å². The van der Waals surface area contributed by atoms with Gasteiger partial charge in [-0.1, -0.05) is 20.8 Å². The van der Waals surface area contributed by atoms with Crippen LogP contribution in [0.15, 0.2) is 0 Å². The summed E-state index contributed by atoms with van der Waals surface area (Å²) in [5, 5.41) is 19.3. The van der Waals surface area contributed by atoms with Crippen LogP contribution < -0.4 is 0 Å². The molecule has 18 heavy (non-hydrogen) atoms. The zero-order chi connectivity index (χ0) is 14.9. The van der Waals surface area contributed by atoms with Crippen molar-refractivity contribution in [2.75, 3.05) is 7.05 Å². The summed E-state index contributed by atoms with van der Waals surface area (Å²) in [6, 6.07) is -2.03. The van der Waals surface area contributed by atoms with Crippen molar-refractivity contribution >= 4 is 12.0 Å². The molecular weight excluding hydrogens is 236 g/mol. The molecule has 0 aliphatic heterocycles. The van der Waals surface area contributed by atoms with E-state index in [4.69, 9.17) is 5.11 Å². The molecule has 106 valence electrons. The molecule has 0 aromatic heterocycles. The van der Waals surface area contributed by atoms with Crippen molar-refractivity contribution in [2.45, 2.75) is 53.1 Å². The second kappa shape index (κ2) is 5.14. The third-order valence-corrected chi connectivity index (χ3v) is 2.79. The average Bonchev–Trinajstić information content (AvgIpc) is 2.10. The van der Waals surface area contributed by atoms with Crippen molar-refractivity contribution in [3.63, 3.8) is 0 Å². The topological polar surface area (TPSA) is 81.1 Å². The standard InChI is InChI=1S/C12H24N2O4/c1-11(2,3)8(9(15)16)14(18)10(17)13(7)12(4,5)6/h8,18H,1-7H3,(H,15,16). The number of hydroxylamine groups is 2. The zero-order valence-electron chi connectivity index (χ0n) is 12.2. The molecule has 0 fully saturated rings. The molecule has 2 N–H and O–H groups in total. The van der Waals surface area contributed by atoms with E-state index in [2.05, 4.69) is 0 Å². The maximum atomic E-state index is 12.0. The fourth-order valence-electron chi connectivity index (χ4n) is 1.39. The lowest BCUT2D eigenvalue weighted by atomic mass is 9.86. The Labute approximate surface area is 108 Å². The fourth-order valence-corrected chi connectivity index (χ4v) is 1.39. The number of carboxylic acid groups (broad SMARTS) is 1. The molecular formula is C12H24N2O4. The summed E-state index contributed by atoms with van der Waals surface area (Å²) >= 11 is 0. The molecule has 0 rings (SSSR count). The number of urea groups is 1. The first-order valence-electron chi connectivity index (χ1n) is 5.79. The van der Waals surface area contributed by atoms with Crippen LogP contribution in [-0.2, 0) is 4.79 Å². The van der Waals surface area contributed by atoms with E-state index in [0.29, 0.717) is 5.06 Å². The third-order valence-electron chi connectivity index (χ3n) is 2.79. The van der Waals surface area contributed by atoms with Gasteiger partial charge in [0.05, 0.1) is 0 Å². The number of amides is 2. The van der Waals surface area contributed by atoms with Crippen molar-refractivity contribution in [2.24, 2.45) is 5.41 Å². The second-order valence-electron chi connectivity index (χ2n) is 6.46. The Bertz CT molecular complexity index is 328. The van der Waals surface area contributed by atoms with Crippen molar-refractivity contribution in [1.29, 1.82) is 0 Å². The van der Waals surface area contributed by atoms with Crippen LogP contribution in [0.4, 0.5) is 4.79 Å². The van der Waals surface area contributed by atoms with Gasteiger partial charge in [-0.3, -0.25) is 5.21 Å². The Morgan fingerprint density at radius 1 is 1.06 bits per heavy atom. The Morgan fingerprint density at radius 3 is 1.67 bits per heavy atom. The highest BCUT2D eigenvalue weighted by Gasteiger charge is 2.41. The lowest BCUT2D eigenvalue weighted by molar-refractivity contribution is -0.169. The normalized spacial score (nSPS) is 14.0. The highest BCUT2D eigenvalue weighted by molar-refractivity contribution is 5.82. The SMILES string of the molecule is CN(C(=O)N(O)C(C(=O)O)C(C)(C)C)C(C)(C)C. The van der Waals surface area contributed by atoms with Crippen LogP contribution in [0, 0.1) is 5.41 Å². The summed E-state index contributed by atoms with van der Waals surface area (Å²) in [7, 11) is 1.52. The number of carbonyl (C=O) groups excluding carboxylic acids is 1. The zero-order valence-corrected chi connectivity index (χ0v) is 12.2. The van der Waals surface area contributed by atoms with E-state index in [-0.39, 0.29) is 0 Å². The van der Waals surface area contributed by atoms with E-state index in [1.165, 1.54) is 11.9 Å². The van der Waals surface area contributed by atoms with Gasteiger partial charge in [0.25, 0.3) is 0 Å². The highest BCUT2D eigenvalue weighted by atomic mass is 16.5. The van der Waals surface area contributed by atoms with Crippen LogP contribution in [0.3, 0.4) is 0 Å². The Hall–Kier alpha value is -1.30. The van der Waals surface area contributed by atoms with Gasteiger partial charge in [-0.15, -0.1) is 0 Å². The minimum atomic E-state index is -1.30. The molecule has 1 atom stereocenters. The average molecular weight is 260 g/mol. The van der Waals surface area contributed by atoms with E-state index in [0.717, 1.165) is 0 Å². The number of carbonyl (C=O) groups is 2. The summed E-state index contributed by atoms with van der Waals surface area (Å²) in [5.74, 6) is -1.24. The predicted molar refractivity (Wildman–Crippen MR) is 67.4 cm³/mol. The molecule has 6 heteroatoms. The van der Waals surface area contributed by atoms with Gasteiger partial charge < -0.3 is 10.0 Å². The van der Waals surface area contributed by atoms with Gasteiger partial charge in [0.2, 0.25) is 0 Å².